The topological polar surface area (TPSA) is 17.1 Å². The highest BCUT2D eigenvalue weighted by Gasteiger charge is 2.33. The van der Waals surface area contributed by atoms with Crippen molar-refractivity contribution in [3.8, 4) is 0 Å². The maximum Gasteiger partial charge on any atom is 0.138 e. The smallest absolute Gasteiger partial charge is 0.138 e. The molecule has 1 nitrogen and oxygen atoms in total. The standard InChI is InChI=1S/C14H26O/c1-12(2)8-7-9-13(15)14(3)10-5-4-6-11-14/h12H,4-11H2,1-3H3. The first kappa shape index (κ1) is 12.7. The second-order valence-corrected chi connectivity index (χ2v) is 5.83. The normalized spacial score (nSPS) is 20.5. The molecule has 1 rings (SSSR count). The van der Waals surface area contributed by atoms with Crippen molar-refractivity contribution in [3.05, 3.63) is 0 Å². The summed E-state index contributed by atoms with van der Waals surface area (Å²) in [5.74, 6) is 1.26. The van der Waals surface area contributed by atoms with E-state index in [2.05, 4.69) is 20.8 Å². The first-order valence-corrected chi connectivity index (χ1v) is 6.58. The zero-order valence-electron chi connectivity index (χ0n) is 10.6. The van der Waals surface area contributed by atoms with Crippen LogP contribution in [0.5, 0.6) is 0 Å². The van der Waals surface area contributed by atoms with Crippen molar-refractivity contribution in [2.45, 2.75) is 72.1 Å². The van der Waals surface area contributed by atoms with E-state index in [-0.39, 0.29) is 5.41 Å². The Bertz CT molecular complexity index is 199. The summed E-state index contributed by atoms with van der Waals surface area (Å²) < 4.78 is 0. The second-order valence-electron chi connectivity index (χ2n) is 5.83. The molecule has 1 aliphatic carbocycles. The van der Waals surface area contributed by atoms with Crippen LogP contribution in [0.1, 0.15) is 72.1 Å². The third kappa shape index (κ3) is 3.96. The summed E-state index contributed by atoms with van der Waals surface area (Å²) in [4.78, 5) is 12.1. The van der Waals surface area contributed by atoms with Gasteiger partial charge in [0.2, 0.25) is 0 Å². The molecule has 0 amide bonds. The molecule has 0 saturated heterocycles. The van der Waals surface area contributed by atoms with Crippen LogP contribution in [0, 0.1) is 11.3 Å². The highest BCUT2D eigenvalue weighted by atomic mass is 16.1. The molecule has 0 aromatic carbocycles. The zero-order chi connectivity index (χ0) is 11.3. The highest BCUT2D eigenvalue weighted by Crippen LogP contribution is 2.37. The molecule has 0 aliphatic heterocycles. The first-order chi connectivity index (χ1) is 7.04. The Kier molecular flexibility index (Phi) is 4.82. The van der Waals surface area contributed by atoms with E-state index in [1.165, 1.54) is 25.7 Å². The van der Waals surface area contributed by atoms with Crippen molar-refractivity contribution in [2.75, 3.05) is 0 Å². The molecule has 1 aliphatic rings. The second kappa shape index (κ2) is 5.67. The van der Waals surface area contributed by atoms with Crippen molar-refractivity contribution < 1.29 is 4.79 Å². The van der Waals surface area contributed by atoms with Gasteiger partial charge in [0.15, 0.2) is 0 Å². The lowest BCUT2D eigenvalue weighted by Gasteiger charge is -2.32. The fraction of sp³-hybridized carbons (Fsp3) is 0.929. The molecular formula is C14H26O. The Morgan fingerprint density at radius 2 is 1.80 bits per heavy atom. The summed E-state index contributed by atoms with van der Waals surface area (Å²) in [5.41, 5.74) is 0.0369. The molecule has 0 N–H and O–H groups in total. The SMILES string of the molecule is CC(C)CCCC(=O)C1(C)CCCCC1. The zero-order valence-corrected chi connectivity index (χ0v) is 10.6. The van der Waals surface area contributed by atoms with E-state index >= 15 is 0 Å². The van der Waals surface area contributed by atoms with Gasteiger partial charge < -0.3 is 0 Å². The van der Waals surface area contributed by atoms with Crippen LogP contribution in [0.3, 0.4) is 0 Å². The molecule has 0 heterocycles. The molecule has 0 unspecified atom stereocenters. The molecule has 0 spiro atoms. The highest BCUT2D eigenvalue weighted by molar-refractivity contribution is 5.84. The van der Waals surface area contributed by atoms with Crippen molar-refractivity contribution in [1.29, 1.82) is 0 Å². The van der Waals surface area contributed by atoms with Crippen LogP contribution < -0.4 is 0 Å². The quantitative estimate of drug-likeness (QED) is 0.659. The van der Waals surface area contributed by atoms with Crippen LogP contribution in [-0.4, -0.2) is 5.78 Å². The minimum atomic E-state index is 0.0369. The average Bonchev–Trinajstić information content (AvgIpc) is 2.18. The molecular weight excluding hydrogens is 184 g/mol. The lowest BCUT2D eigenvalue weighted by molar-refractivity contribution is -0.129. The van der Waals surface area contributed by atoms with Crippen molar-refractivity contribution in [2.24, 2.45) is 11.3 Å². The van der Waals surface area contributed by atoms with Gasteiger partial charge in [0, 0.05) is 11.8 Å². The number of carbonyl (C=O) groups excluding carboxylic acids is 1. The van der Waals surface area contributed by atoms with E-state index in [1.807, 2.05) is 0 Å². The predicted molar refractivity (Wildman–Crippen MR) is 64.9 cm³/mol. The van der Waals surface area contributed by atoms with Crippen molar-refractivity contribution in [3.63, 3.8) is 0 Å². The van der Waals surface area contributed by atoms with Crippen LogP contribution in [-0.2, 0) is 4.79 Å². The lowest BCUT2D eigenvalue weighted by atomic mass is 9.71. The van der Waals surface area contributed by atoms with Crippen LogP contribution in [0.15, 0.2) is 0 Å². The Morgan fingerprint density at radius 3 is 2.33 bits per heavy atom. The van der Waals surface area contributed by atoms with Gasteiger partial charge in [0.05, 0.1) is 0 Å². The fourth-order valence-corrected chi connectivity index (χ4v) is 2.58. The number of carbonyl (C=O) groups is 1. The van der Waals surface area contributed by atoms with Gasteiger partial charge in [-0.25, -0.2) is 0 Å². The third-order valence-corrected chi connectivity index (χ3v) is 3.82. The maximum atomic E-state index is 12.1. The number of hydrogen-bond acceptors (Lipinski definition) is 1. The third-order valence-electron chi connectivity index (χ3n) is 3.82. The largest absolute Gasteiger partial charge is 0.299 e. The number of ketones is 1. The molecule has 15 heavy (non-hydrogen) atoms. The van der Waals surface area contributed by atoms with Crippen LogP contribution >= 0.6 is 0 Å². The molecule has 0 aromatic heterocycles. The van der Waals surface area contributed by atoms with E-state index in [0.29, 0.717) is 5.78 Å². The predicted octanol–water partition coefficient (Wildman–Crippen LogP) is 4.35. The molecule has 88 valence electrons. The molecule has 1 fully saturated rings. The fourth-order valence-electron chi connectivity index (χ4n) is 2.58. The summed E-state index contributed by atoms with van der Waals surface area (Å²) in [6.07, 6.45) is 9.21. The van der Waals surface area contributed by atoms with Gasteiger partial charge in [-0.1, -0.05) is 46.5 Å². The van der Waals surface area contributed by atoms with Gasteiger partial charge in [-0.2, -0.15) is 0 Å². The number of hydrogen-bond donors (Lipinski definition) is 0. The van der Waals surface area contributed by atoms with Gasteiger partial charge in [0.25, 0.3) is 0 Å². The van der Waals surface area contributed by atoms with E-state index < -0.39 is 0 Å². The number of rotatable bonds is 5. The summed E-state index contributed by atoms with van der Waals surface area (Å²) in [5, 5.41) is 0. The summed E-state index contributed by atoms with van der Waals surface area (Å²) >= 11 is 0. The van der Waals surface area contributed by atoms with Crippen LogP contribution in [0.4, 0.5) is 0 Å². The molecule has 0 bridgehead atoms. The van der Waals surface area contributed by atoms with Gasteiger partial charge in [0.1, 0.15) is 5.78 Å². The van der Waals surface area contributed by atoms with E-state index in [0.717, 1.165) is 31.6 Å². The first-order valence-electron chi connectivity index (χ1n) is 6.58. The van der Waals surface area contributed by atoms with Crippen LogP contribution in [0.25, 0.3) is 0 Å². The Hall–Kier alpha value is -0.330. The van der Waals surface area contributed by atoms with E-state index in [4.69, 9.17) is 0 Å². The molecule has 0 radical (unpaired) electrons. The Morgan fingerprint density at radius 1 is 1.20 bits per heavy atom. The Labute approximate surface area is 94.6 Å². The molecule has 1 heteroatoms. The summed E-state index contributed by atoms with van der Waals surface area (Å²) in [6, 6.07) is 0. The minimum absolute atomic E-state index is 0.0369. The monoisotopic (exact) mass is 210 g/mol. The summed E-state index contributed by atoms with van der Waals surface area (Å²) in [7, 11) is 0. The van der Waals surface area contributed by atoms with Crippen molar-refractivity contribution >= 4 is 5.78 Å². The van der Waals surface area contributed by atoms with Gasteiger partial charge >= 0.3 is 0 Å². The Balaban J connectivity index is 2.31. The average molecular weight is 210 g/mol. The summed E-state index contributed by atoms with van der Waals surface area (Å²) in [6.45, 7) is 6.64. The lowest BCUT2D eigenvalue weighted by Crippen LogP contribution is -2.30. The molecule has 1 saturated carbocycles. The maximum absolute atomic E-state index is 12.1. The van der Waals surface area contributed by atoms with Crippen molar-refractivity contribution in [1.82, 2.24) is 0 Å². The minimum Gasteiger partial charge on any atom is -0.299 e. The molecule has 0 atom stereocenters. The van der Waals surface area contributed by atoms with E-state index in [9.17, 15) is 4.79 Å². The number of Topliss-reactive ketones (excluding diaryl/α,β-unsaturated/α-hetero) is 1. The van der Waals surface area contributed by atoms with Gasteiger partial charge in [-0.15, -0.1) is 0 Å². The van der Waals surface area contributed by atoms with Crippen LogP contribution in [0.2, 0.25) is 0 Å². The van der Waals surface area contributed by atoms with Gasteiger partial charge in [-0.05, 0) is 25.2 Å². The molecule has 0 aromatic rings. The van der Waals surface area contributed by atoms with Gasteiger partial charge in [-0.3, -0.25) is 4.79 Å². The van der Waals surface area contributed by atoms with E-state index in [1.54, 1.807) is 0 Å².